The summed E-state index contributed by atoms with van der Waals surface area (Å²) in [4.78, 5) is 8.58. The van der Waals surface area contributed by atoms with E-state index in [9.17, 15) is 4.39 Å². The molecule has 0 saturated carbocycles. The molecule has 4 rings (SSSR count). The Morgan fingerprint density at radius 1 is 1.41 bits per heavy atom. The van der Waals surface area contributed by atoms with E-state index in [4.69, 9.17) is 33.2 Å². The highest BCUT2D eigenvalue weighted by atomic mass is 35.5. The summed E-state index contributed by atoms with van der Waals surface area (Å²) in [5.74, 6) is 4.66. The molecule has 0 fully saturated rings. The lowest BCUT2D eigenvalue weighted by Crippen LogP contribution is -2.46. The fourth-order valence-electron chi connectivity index (χ4n) is 3.11. The molecule has 0 radical (unpaired) electrons. The van der Waals surface area contributed by atoms with Crippen LogP contribution in [0.15, 0.2) is 17.1 Å². The smallest absolute Gasteiger partial charge is 0.267 e. The highest BCUT2D eigenvalue weighted by Gasteiger charge is 2.21. The average Bonchev–Trinajstić information content (AvgIpc) is 3.20. The summed E-state index contributed by atoms with van der Waals surface area (Å²) < 4.78 is 26.4. The second-order valence-corrected chi connectivity index (χ2v) is 6.56. The van der Waals surface area contributed by atoms with Crippen LogP contribution in [-0.2, 0) is 13.0 Å². The number of aromatic nitrogens is 2. The molecule has 7 nitrogen and oxygen atoms in total. The van der Waals surface area contributed by atoms with E-state index in [-0.39, 0.29) is 12.6 Å². The highest BCUT2D eigenvalue weighted by Crippen LogP contribution is 2.37. The molecule has 2 aliphatic heterocycles. The van der Waals surface area contributed by atoms with Gasteiger partial charge in [-0.25, -0.2) is 9.98 Å². The van der Waals surface area contributed by atoms with Crippen LogP contribution in [0.1, 0.15) is 24.2 Å². The van der Waals surface area contributed by atoms with Crippen molar-refractivity contribution in [2.45, 2.75) is 32.2 Å². The zero-order chi connectivity index (χ0) is 19.0. The second-order valence-electron chi connectivity index (χ2n) is 6.16. The van der Waals surface area contributed by atoms with Crippen molar-refractivity contribution in [3.05, 3.63) is 39.4 Å². The van der Waals surface area contributed by atoms with Crippen molar-refractivity contribution in [2.24, 2.45) is 10.7 Å². The van der Waals surface area contributed by atoms with Crippen molar-refractivity contribution in [2.75, 3.05) is 6.79 Å². The number of nitrogens with zero attached hydrogens (tertiary/aromatic N) is 3. The van der Waals surface area contributed by atoms with E-state index in [0.29, 0.717) is 59.0 Å². The Morgan fingerprint density at radius 2 is 2.19 bits per heavy atom. The van der Waals surface area contributed by atoms with E-state index in [1.165, 1.54) is 0 Å². The molecule has 0 saturated heterocycles. The number of nitrogens with one attached hydrogen (secondary N) is 1. The molecule has 9 heteroatoms. The predicted molar refractivity (Wildman–Crippen MR) is 97.1 cm³/mol. The Kier molecular flexibility index (Phi) is 4.54. The number of hydrogen-bond acceptors (Lipinski definition) is 6. The van der Waals surface area contributed by atoms with E-state index in [1.54, 1.807) is 6.07 Å². The molecule has 1 aromatic carbocycles. The standard InChI is InChI=1S/C18H17ClFN5O2/c1-2-3-4-5-25-14(22-15-16(21)23-18(20)24-17(15)25)7-10-6-12-13(8-11(10)19)27-9-26-12/h1,6,8,18,23H,3-5,7,9,21H2. The molecular weight excluding hydrogens is 373 g/mol. The van der Waals surface area contributed by atoms with Crippen LogP contribution in [0.4, 0.5) is 4.39 Å². The molecule has 140 valence electrons. The van der Waals surface area contributed by atoms with Gasteiger partial charge in [-0.1, -0.05) is 11.6 Å². The third-order valence-corrected chi connectivity index (χ3v) is 4.73. The first kappa shape index (κ1) is 17.5. The number of alkyl halides is 1. The van der Waals surface area contributed by atoms with Gasteiger partial charge in [-0.2, -0.15) is 4.39 Å². The van der Waals surface area contributed by atoms with Gasteiger partial charge in [0.1, 0.15) is 17.0 Å². The van der Waals surface area contributed by atoms with E-state index >= 15 is 0 Å². The summed E-state index contributed by atoms with van der Waals surface area (Å²) in [6.45, 7) is 0.714. The number of rotatable bonds is 5. The number of unbranched alkanes of at least 4 members (excludes halogenated alkanes) is 1. The maximum atomic E-state index is 13.8. The average molecular weight is 390 g/mol. The van der Waals surface area contributed by atoms with Gasteiger partial charge in [0.05, 0.1) is 0 Å². The summed E-state index contributed by atoms with van der Waals surface area (Å²) >= 11 is 6.39. The summed E-state index contributed by atoms with van der Waals surface area (Å²) in [6, 6.07) is 3.54. The normalized spacial score (nSPS) is 17.1. The van der Waals surface area contributed by atoms with Gasteiger partial charge in [0.25, 0.3) is 6.42 Å². The molecule has 2 aliphatic rings. The van der Waals surface area contributed by atoms with Crippen LogP contribution in [-0.4, -0.2) is 22.8 Å². The zero-order valence-corrected chi connectivity index (χ0v) is 15.1. The lowest BCUT2D eigenvalue weighted by atomic mass is 10.1. The lowest BCUT2D eigenvalue weighted by molar-refractivity contribution is 0.174. The minimum atomic E-state index is -1.61. The number of terminal acetylenes is 1. The quantitative estimate of drug-likeness (QED) is 0.448. The van der Waals surface area contributed by atoms with Crippen molar-refractivity contribution < 1.29 is 13.9 Å². The van der Waals surface area contributed by atoms with E-state index in [0.717, 1.165) is 5.56 Å². The molecule has 1 aromatic heterocycles. The third kappa shape index (κ3) is 3.26. The van der Waals surface area contributed by atoms with Gasteiger partial charge in [-0.3, -0.25) is 0 Å². The first-order valence-electron chi connectivity index (χ1n) is 8.42. The first-order valence-corrected chi connectivity index (χ1v) is 8.79. The predicted octanol–water partition coefficient (Wildman–Crippen LogP) is 0.770. The molecule has 0 spiro atoms. The van der Waals surface area contributed by atoms with E-state index in [2.05, 4.69) is 21.2 Å². The van der Waals surface area contributed by atoms with E-state index < -0.39 is 6.42 Å². The fraction of sp³-hybridized carbons (Fsp3) is 0.333. The van der Waals surface area contributed by atoms with Gasteiger partial charge in [-0.05, 0) is 18.1 Å². The molecule has 0 amide bonds. The minimum absolute atomic E-state index is 0.154. The van der Waals surface area contributed by atoms with Gasteiger partial charge in [0.15, 0.2) is 17.0 Å². The van der Waals surface area contributed by atoms with Crippen LogP contribution >= 0.6 is 11.6 Å². The SMILES string of the molecule is C#CCCCn1c(Cc2cc3c(cc2Cl)OCO3)nc2c1=NC(F)NC=2N. The first-order chi connectivity index (χ1) is 13.1. The molecular formula is C18H17ClFN5O2. The van der Waals surface area contributed by atoms with Crippen LogP contribution in [0.25, 0.3) is 5.82 Å². The minimum Gasteiger partial charge on any atom is -0.454 e. The Balaban J connectivity index is 1.77. The number of ether oxygens (including phenoxy) is 2. The number of benzene rings is 1. The van der Waals surface area contributed by atoms with Gasteiger partial charge in [-0.15, -0.1) is 12.3 Å². The molecule has 3 heterocycles. The van der Waals surface area contributed by atoms with Crippen molar-refractivity contribution in [3.8, 4) is 23.8 Å². The monoisotopic (exact) mass is 389 g/mol. The van der Waals surface area contributed by atoms with Crippen LogP contribution < -0.4 is 31.4 Å². The lowest BCUT2D eigenvalue weighted by Gasteiger charge is -2.12. The molecule has 0 aliphatic carbocycles. The van der Waals surface area contributed by atoms with E-state index in [1.807, 2.05) is 10.6 Å². The van der Waals surface area contributed by atoms with Crippen molar-refractivity contribution in [1.29, 1.82) is 0 Å². The van der Waals surface area contributed by atoms with Crippen LogP contribution in [0, 0.1) is 12.3 Å². The Hall–Kier alpha value is -2.92. The van der Waals surface area contributed by atoms with Gasteiger partial charge in [0, 0.05) is 30.5 Å². The second kappa shape index (κ2) is 7.00. The van der Waals surface area contributed by atoms with Crippen LogP contribution in [0.3, 0.4) is 0 Å². The molecule has 3 N–H and O–H groups in total. The van der Waals surface area contributed by atoms with Crippen LogP contribution in [0.5, 0.6) is 11.5 Å². The van der Waals surface area contributed by atoms with Gasteiger partial charge < -0.3 is 25.1 Å². The summed E-state index contributed by atoms with van der Waals surface area (Å²) in [5.41, 5.74) is 7.12. The summed E-state index contributed by atoms with van der Waals surface area (Å²) in [6.07, 6.45) is 5.44. The van der Waals surface area contributed by atoms with Crippen molar-refractivity contribution >= 4 is 17.4 Å². The number of hydrogen-bond donors (Lipinski definition) is 2. The number of fused-ring (bicyclic) bond motifs is 2. The van der Waals surface area contributed by atoms with Gasteiger partial charge in [0.2, 0.25) is 6.79 Å². The summed E-state index contributed by atoms with van der Waals surface area (Å²) in [7, 11) is 0. The topological polar surface area (TPSA) is 86.7 Å². The maximum Gasteiger partial charge on any atom is 0.267 e. The fourth-order valence-corrected chi connectivity index (χ4v) is 3.33. The van der Waals surface area contributed by atoms with Crippen molar-refractivity contribution in [3.63, 3.8) is 0 Å². The highest BCUT2D eigenvalue weighted by molar-refractivity contribution is 6.31. The molecule has 1 atom stereocenters. The Labute approximate surface area is 159 Å². The number of nitrogens with two attached hydrogens (primary N) is 1. The van der Waals surface area contributed by atoms with Gasteiger partial charge >= 0.3 is 0 Å². The third-order valence-electron chi connectivity index (χ3n) is 4.38. The largest absolute Gasteiger partial charge is 0.454 e. The van der Waals surface area contributed by atoms with Crippen LogP contribution in [0.2, 0.25) is 5.02 Å². The number of imidazole rings is 1. The maximum absolute atomic E-state index is 13.8. The summed E-state index contributed by atoms with van der Waals surface area (Å²) in [5, 5.41) is 3.40. The molecule has 1 unspecified atom stereocenters. The molecule has 27 heavy (non-hydrogen) atoms. The zero-order valence-electron chi connectivity index (χ0n) is 14.3. The Morgan fingerprint density at radius 3 is 2.96 bits per heavy atom. The number of halogens is 2. The molecule has 2 aromatic rings. The van der Waals surface area contributed by atoms with Crippen molar-refractivity contribution in [1.82, 2.24) is 14.9 Å². The molecule has 0 bridgehead atoms. The Bertz CT molecular complexity index is 1060.